The van der Waals surface area contributed by atoms with E-state index in [4.69, 9.17) is 0 Å². The van der Waals surface area contributed by atoms with E-state index >= 15 is 0 Å². The predicted octanol–water partition coefficient (Wildman–Crippen LogP) is -1.47. The van der Waals surface area contributed by atoms with Gasteiger partial charge in [0.15, 0.2) is 0 Å². The number of hydrogen-bond acceptors (Lipinski definition) is 1. The van der Waals surface area contributed by atoms with Gasteiger partial charge in [-0.15, -0.1) is 0 Å². The first kappa shape index (κ1) is 10.1. The van der Waals surface area contributed by atoms with Gasteiger partial charge in [-0.3, -0.25) is 0 Å². The minimum Gasteiger partial charge on any atom is -0.872 e. The second kappa shape index (κ2) is 4.88. The third-order valence-corrected chi connectivity index (χ3v) is 1.49. The molecule has 0 fully saturated rings. The molecule has 9 heavy (non-hydrogen) atoms. The van der Waals surface area contributed by atoms with Crippen molar-refractivity contribution in [2.24, 2.45) is 0 Å². The molecule has 1 aromatic rings. The minimum absolute atomic E-state index is 0. The molecule has 0 aliphatic heterocycles. The number of hydrogen-bond donors (Lipinski definition) is 0. The summed E-state index contributed by atoms with van der Waals surface area (Å²) in [5.41, 5.74) is 0. The molecule has 0 unspecified atom stereocenters. The van der Waals surface area contributed by atoms with Gasteiger partial charge in [-0.2, -0.15) is 0 Å². The zero-order valence-corrected chi connectivity index (χ0v) is 9.80. The van der Waals surface area contributed by atoms with Crippen LogP contribution in [0.3, 0.4) is 0 Å². The van der Waals surface area contributed by atoms with Gasteiger partial charge in [0.1, 0.15) is 0 Å². The number of benzene rings is 1. The molecule has 0 atom stereocenters. The Kier molecular flexibility index (Phi) is 5.49. The van der Waals surface area contributed by atoms with E-state index in [0.717, 1.165) is 0 Å². The molecule has 1 nitrogen and oxygen atoms in total. The number of halogens is 1. The van der Waals surface area contributed by atoms with Crippen LogP contribution in [-0.4, -0.2) is 0 Å². The molecule has 42 valence electrons. The molecular weight excluding hydrogens is 207 g/mol. The van der Waals surface area contributed by atoms with Crippen LogP contribution in [0.2, 0.25) is 0 Å². The van der Waals surface area contributed by atoms with E-state index in [1.165, 1.54) is 6.07 Å². The Hall–Kier alpha value is 1.14. The maximum atomic E-state index is 10.6. The fourth-order valence-corrected chi connectivity index (χ4v) is 0.730. The Bertz CT molecular complexity index is 169. The fraction of sp³-hybridized carbons (Fsp3) is 0. The Morgan fingerprint density at radius 3 is 2.11 bits per heavy atom. The summed E-state index contributed by atoms with van der Waals surface area (Å²) in [6, 6.07) is 6.77. The van der Waals surface area contributed by atoms with Crippen molar-refractivity contribution < 1.29 is 56.5 Å². The van der Waals surface area contributed by atoms with Crippen molar-refractivity contribution in [1.82, 2.24) is 0 Å². The first-order chi connectivity index (χ1) is 3.80. The smallest absolute Gasteiger partial charge is 0.872 e. The van der Waals surface area contributed by atoms with Gasteiger partial charge in [-0.1, -0.05) is 39.9 Å². The molecule has 0 saturated carbocycles. The van der Waals surface area contributed by atoms with E-state index in [1.807, 2.05) is 6.07 Å². The predicted molar refractivity (Wildman–Crippen MR) is 33.6 cm³/mol. The largest absolute Gasteiger partial charge is 1.00 e. The third-order valence-electron chi connectivity index (χ3n) is 0.837. The van der Waals surface area contributed by atoms with Crippen LogP contribution in [-0.2, 0) is 0 Å². The van der Waals surface area contributed by atoms with Crippen molar-refractivity contribution in [2.75, 3.05) is 0 Å². The van der Waals surface area contributed by atoms with Crippen LogP contribution in [0.4, 0.5) is 0 Å². The molecule has 0 saturated heterocycles. The summed E-state index contributed by atoms with van der Waals surface area (Å²) in [4.78, 5) is 0. The molecule has 0 spiro atoms. The van der Waals surface area contributed by atoms with Crippen LogP contribution in [0.15, 0.2) is 28.7 Å². The van der Waals surface area contributed by atoms with Crippen molar-refractivity contribution in [3.8, 4) is 5.75 Å². The third kappa shape index (κ3) is 3.16. The Morgan fingerprint density at radius 1 is 1.22 bits per heavy atom. The van der Waals surface area contributed by atoms with Gasteiger partial charge >= 0.3 is 51.4 Å². The van der Waals surface area contributed by atoms with E-state index in [2.05, 4.69) is 15.9 Å². The molecule has 0 aliphatic carbocycles. The first-order valence-corrected chi connectivity index (χ1v) is 3.01. The van der Waals surface area contributed by atoms with E-state index < -0.39 is 0 Å². The topological polar surface area (TPSA) is 23.1 Å². The summed E-state index contributed by atoms with van der Waals surface area (Å²) in [6.07, 6.45) is 0. The molecule has 1 aromatic carbocycles. The van der Waals surface area contributed by atoms with Crippen LogP contribution in [0.25, 0.3) is 0 Å². The van der Waals surface area contributed by atoms with Crippen molar-refractivity contribution in [3.05, 3.63) is 28.7 Å². The van der Waals surface area contributed by atoms with Crippen molar-refractivity contribution in [2.45, 2.75) is 0 Å². The normalized spacial score (nSPS) is 8.11. The van der Waals surface area contributed by atoms with E-state index in [0.29, 0.717) is 4.47 Å². The summed E-state index contributed by atoms with van der Waals surface area (Å²) < 4.78 is 0.625. The molecule has 0 heterocycles. The van der Waals surface area contributed by atoms with Gasteiger partial charge < -0.3 is 5.11 Å². The van der Waals surface area contributed by atoms with Gasteiger partial charge in [-0.25, -0.2) is 0 Å². The maximum Gasteiger partial charge on any atom is 1.00 e. The SMILES string of the molecule is [K+].[O-]c1ccccc1Br. The van der Waals surface area contributed by atoms with Gasteiger partial charge in [0, 0.05) is 4.47 Å². The van der Waals surface area contributed by atoms with Crippen molar-refractivity contribution in [1.29, 1.82) is 0 Å². The standard InChI is InChI=1S/C6H5BrO.K/c7-5-3-1-2-4-6(5)8;/h1-4,8H;/q;+1/p-1. The number of para-hydroxylation sites is 1. The fourth-order valence-electron chi connectivity index (χ4n) is 0.445. The molecule has 1 rings (SSSR count). The summed E-state index contributed by atoms with van der Waals surface area (Å²) in [7, 11) is 0. The van der Waals surface area contributed by atoms with Crippen LogP contribution in [0.5, 0.6) is 5.75 Å². The summed E-state index contributed by atoms with van der Waals surface area (Å²) in [5.74, 6) is 0.0347. The summed E-state index contributed by atoms with van der Waals surface area (Å²) in [6.45, 7) is 0. The zero-order chi connectivity index (χ0) is 5.98. The van der Waals surface area contributed by atoms with Gasteiger partial charge in [0.2, 0.25) is 0 Å². The number of rotatable bonds is 0. The molecule has 0 radical (unpaired) electrons. The van der Waals surface area contributed by atoms with Crippen molar-refractivity contribution >= 4 is 15.9 Å². The maximum absolute atomic E-state index is 10.6. The average molecular weight is 211 g/mol. The molecule has 0 aromatic heterocycles. The minimum atomic E-state index is 0. The average Bonchev–Trinajstić information content (AvgIpc) is 1.77. The Morgan fingerprint density at radius 2 is 1.78 bits per heavy atom. The van der Waals surface area contributed by atoms with Crippen LogP contribution < -0.4 is 56.5 Å². The van der Waals surface area contributed by atoms with Crippen LogP contribution in [0.1, 0.15) is 0 Å². The molecule has 3 heteroatoms. The molecular formula is C6H4BrKO. The second-order valence-electron chi connectivity index (χ2n) is 1.43. The summed E-state index contributed by atoms with van der Waals surface area (Å²) in [5, 5.41) is 10.6. The van der Waals surface area contributed by atoms with Crippen molar-refractivity contribution in [3.63, 3.8) is 0 Å². The van der Waals surface area contributed by atoms with E-state index in [1.54, 1.807) is 12.1 Å². The molecule has 0 bridgehead atoms. The second-order valence-corrected chi connectivity index (χ2v) is 2.28. The van der Waals surface area contributed by atoms with Gasteiger partial charge in [0.05, 0.1) is 0 Å². The zero-order valence-electron chi connectivity index (χ0n) is 5.10. The summed E-state index contributed by atoms with van der Waals surface area (Å²) >= 11 is 3.08. The Labute approximate surface area is 105 Å². The molecule has 0 aliphatic rings. The first-order valence-electron chi connectivity index (χ1n) is 2.22. The Balaban J connectivity index is 0.000000640. The van der Waals surface area contributed by atoms with E-state index in [9.17, 15) is 5.11 Å². The van der Waals surface area contributed by atoms with Gasteiger partial charge in [0.25, 0.3) is 0 Å². The molecule has 0 amide bonds. The molecule has 0 N–H and O–H groups in total. The van der Waals surface area contributed by atoms with E-state index in [-0.39, 0.29) is 57.1 Å². The van der Waals surface area contributed by atoms with Gasteiger partial charge in [-0.05, 0) is 6.07 Å². The van der Waals surface area contributed by atoms with Crippen LogP contribution in [0, 0.1) is 0 Å². The quantitative estimate of drug-likeness (QED) is 0.480. The monoisotopic (exact) mass is 210 g/mol. The van der Waals surface area contributed by atoms with Crippen LogP contribution >= 0.6 is 15.9 Å².